The molecule has 0 saturated carbocycles. The molecule has 0 bridgehead atoms. The molecular formula is C22H25FN4OS. The Morgan fingerprint density at radius 2 is 1.86 bits per heavy atom. The normalized spacial score (nSPS) is 11.4. The number of amides is 2. The third-order valence-electron chi connectivity index (χ3n) is 4.34. The summed E-state index contributed by atoms with van der Waals surface area (Å²) in [6.45, 7) is 3.81. The van der Waals surface area contributed by atoms with Gasteiger partial charge < -0.3 is 15.2 Å². The maximum Gasteiger partial charge on any atom is 0.314 e. The van der Waals surface area contributed by atoms with Crippen LogP contribution >= 0.6 is 11.3 Å². The van der Waals surface area contributed by atoms with E-state index in [0.29, 0.717) is 18.8 Å². The Morgan fingerprint density at radius 1 is 1.10 bits per heavy atom. The van der Waals surface area contributed by atoms with E-state index in [1.54, 1.807) is 23.5 Å². The van der Waals surface area contributed by atoms with Crippen molar-refractivity contribution in [1.82, 2.24) is 15.2 Å². The minimum absolute atomic E-state index is 0.149. The number of nitrogens with one attached hydrogen (secondary N) is 2. The first-order chi connectivity index (χ1) is 14.2. The van der Waals surface area contributed by atoms with E-state index in [4.69, 9.17) is 4.99 Å². The molecule has 0 fully saturated rings. The number of carbonyl (C=O) groups is 1. The van der Waals surface area contributed by atoms with Crippen LogP contribution in [-0.2, 0) is 13.0 Å². The van der Waals surface area contributed by atoms with Crippen molar-refractivity contribution in [2.75, 3.05) is 13.1 Å². The van der Waals surface area contributed by atoms with E-state index in [9.17, 15) is 9.18 Å². The van der Waals surface area contributed by atoms with Gasteiger partial charge in [-0.25, -0.2) is 14.2 Å². The number of hydrogen-bond acceptors (Lipinski definition) is 3. The molecule has 2 amide bonds. The van der Waals surface area contributed by atoms with Crippen LogP contribution in [0.15, 0.2) is 65.0 Å². The molecule has 5 nitrogen and oxygen atoms in total. The lowest BCUT2D eigenvalue weighted by atomic mass is 10.1. The third-order valence-corrected chi connectivity index (χ3v) is 5.25. The van der Waals surface area contributed by atoms with Crippen LogP contribution in [0.3, 0.4) is 0 Å². The number of aromatic nitrogens is 1. The quantitative estimate of drug-likeness (QED) is 0.535. The maximum atomic E-state index is 13.2. The molecule has 0 radical (unpaired) electrons. The van der Waals surface area contributed by atoms with Crippen molar-refractivity contribution in [2.24, 2.45) is 4.99 Å². The van der Waals surface area contributed by atoms with Crippen LogP contribution in [0.4, 0.5) is 14.9 Å². The minimum atomic E-state index is -0.274. The smallest absolute Gasteiger partial charge is 0.314 e. The molecule has 3 rings (SSSR count). The Kier molecular flexibility index (Phi) is 7.58. The van der Waals surface area contributed by atoms with E-state index in [1.807, 2.05) is 25.1 Å². The molecule has 0 aliphatic carbocycles. The maximum absolute atomic E-state index is 13.2. The summed E-state index contributed by atoms with van der Waals surface area (Å²) in [6.07, 6.45) is 1.59. The summed E-state index contributed by atoms with van der Waals surface area (Å²) < 4.78 is 15.4. The summed E-state index contributed by atoms with van der Waals surface area (Å²) in [5.74, 6) is -0.274. The van der Waals surface area contributed by atoms with Gasteiger partial charge in [-0.1, -0.05) is 30.3 Å². The second-order valence-corrected chi connectivity index (χ2v) is 7.39. The number of benzene rings is 2. The zero-order valence-electron chi connectivity index (χ0n) is 16.4. The molecule has 3 aromatic rings. The van der Waals surface area contributed by atoms with Crippen LogP contribution in [0, 0.1) is 5.82 Å². The Labute approximate surface area is 173 Å². The number of rotatable bonds is 8. The largest absolute Gasteiger partial charge is 0.338 e. The summed E-state index contributed by atoms with van der Waals surface area (Å²) in [5, 5.41) is 7.70. The van der Waals surface area contributed by atoms with E-state index in [2.05, 4.69) is 32.7 Å². The third kappa shape index (κ3) is 6.29. The fourth-order valence-electron chi connectivity index (χ4n) is 2.93. The van der Waals surface area contributed by atoms with Crippen LogP contribution in [0.2, 0.25) is 0 Å². The van der Waals surface area contributed by atoms with Gasteiger partial charge >= 0.3 is 6.03 Å². The number of urea groups is 1. The molecule has 0 aliphatic heterocycles. The van der Waals surface area contributed by atoms with Gasteiger partial charge in [0.25, 0.3) is 0 Å². The number of hydrogen-bond donors (Lipinski definition) is 2. The van der Waals surface area contributed by atoms with E-state index in [1.165, 1.54) is 23.4 Å². The summed E-state index contributed by atoms with van der Waals surface area (Å²) in [7, 11) is 0. The SMILES string of the molecule is CCNC(=O)NCCCn1c(Cc2ccccc2)cs/c1=N\c1ccc(F)cc1. The summed E-state index contributed by atoms with van der Waals surface area (Å²) in [6, 6.07) is 16.3. The van der Waals surface area contributed by atoms with E-state index >= 15 is 0 Å². The lowest BCUT2D eigenvalue weighted by Crippen LogP contribution is -2.36. The zero-order chi connectivity index (χ0) is 20.5. The first-order valence-electron chi connectivity index (χ1n) is 9.69. The van der Waals surface area contributed by atoms with E-state index in [-0.39, 0.29) is 11.8 Å². The fourth-order valence-corrected chi connectivity index (χ4v) is 3.87. The van der Waals surface area contributed by atoms with Crippen LogP contribution in [0.5, 0.6) is 0 Å². The van der Waals surface area contributed by atoms with Crippen LogP contribution < -0.4 is 15.4 Å². The summed E-state index contributed by atoms with van der Waals surface area (Å²) in [4.78, 5) is 17.1. The van der Waals surface area contributed by atoms with Crippen molar-refractivity contribution in [3.8, 4) is 0 Å². The highest BCUT2D eigenvalue weighted by molar-refractivity contribution is 7.07. The van der Waals surface area contributed by atoms with Gasteiger partial charge in [0.2, 0.25) is 0 Å². The van der Waals surface area contributed by atoms with E-state index < -0.39 is 0 Å². The van der Waals surface area contributed by atoms with Crippen molar-refractivity contribution in [3.63, 3.8) is 0 Å². The van der Waals surface area contributed by atoms with Gasteiger partial charge in [-0.2, -0.15) is 0 Å². The Balaban J connectivity index is 1.80. The topological polar surface area (TPSA) is 58.4 Å². The summed E-state index contributed by atoms with van der Waals surface area (Å²) in [5.41, 5.74) is 3.11. The van der Waals surface area contributed by atoms with Gasteiger partial charge in [0, 0.05) is 37.1 Å². The van der Waals surface area contributed by atoms with Crippen molar-refractivity contribution >= 4 is 23.1 Å². The minimum Gasteiger partial charge on any atom is -0.338 e. The van der Waals surface area contributed by atoms with Crippen LogP contribution in [0.1, 0.15) is 24.6 Å². The highest BCUT2D eigenvalue weighted by atomic mass is 32.1. The zero-order valence-corrected chi connectivity index (χ0v) is 17.2. The van der Waals surface area contributed by atoms with Gasteiger partial charge in [0.1, 0.15) is 5.82 Å². The fraction of sp³-hybridized carbons (Fsp3) is 0.273. The lowest BCUT2D eigenvalue weighted by molar-refractivity contribution is 0.241. The van der Waals surface area contributed by atoms with Crippen LogP contribution in [-0.4, -0.2) is 23.7 Å². The highest BCUT2D eigenvalue weighted by Gasteiger charge is 2.07. The molecule has 2 N–H and O–H groups in total. The van der Waals surface area contributed by atoms with Gasteiger partial charge in [0.15, 0.2) is 4.80 Å². The molecule has 0 unspecified atom stereocenters. The van der Waals surface area contributed by atoms with Gasteiger partial charge in [0.05, 0.1) is 5.69 Å². The second-order valence-electron chi connectivity index (χ2n) is 6.55. The second kappa shape index (κ2) is 10.6. The number of carbonyl (C=O) groups excluding carboxylic acids is 1. The number of nitrogens with zero attached hydrogens (tertiary/aromatic N) is 2. The average molecular weight is 413 g/mol. The first-order valence-corrected chi connectivity index (χ1v) is 10.6. The predicted molar refractivity (Wildman–Crippen MR) is 115 cm³/mol. The molecule has 2 aromatic carbocycles. The monoisotopic (exact) mass is 412 g/mol. The van der Waals surface area contributed by atoms with Gasteiger partial charge in [-0.15, -0.1) is 11.3 Å². The molecule has 29 heavy (non-hydrogen) atoms. The number of thiazole rings is 1. The number of halogens is 1. The summed E-state index contributed by atoms with van der Waals surface area (Å²) >= 11 is 1.57. The van der Waals surface area contributed by atoms with Gasteiger partial charge in [-0.05, 0) is 43.2 Å². The molecule has 152 valence electrons. The van der Waals surface area contributed by atoms with Crippen molar-refractivity contribution in [1.29, 1.82) is 0 Å². The highest BCUT2D eigenvalue weighted by Crippen LogP contribution is 2.14. The first kappa shape index (κ1) is 20.8. The Hall–Kier alpha value is -2.93. The predicted octanol–water partition coefficient (Wildman–Crippen LogP) is 4.22. The molecule has 0 saturated heterocycles. The average Bonchev–Trinajstić information content (AvgIpc) is 3.09. The Morgan fingerprint density at radius 3 is 2.59 bits per heavy atom. The lowest BCUT2D eigenvalue weighted by Gasteiger charge is -2.10. The molecule has 7 heteroatoms. The molecular weight excluding hydrogens is 387 g/mol. The molecule has 0 spiro atoms. The van der Waals surface area contributed by atoms with Crippen molar-refractivity contribution in [3.05, 3.63) is 81.9 Å². The standard InChI is InChI=1S/C22H25FN4OS/c1-2-24-21(28)25-13-6-14-27-20(15-17-7-4-3-5-8-17)16-29-22(27)26-19-11-9-18(23)10-12-19/h3-5,7-12,16H,2,6,13-15H2,1H3,(H2,24,25,28)/b26-22-. The Bertz CT molecular complexity index is 980. The molecule has 0 aliphatic rings. The van der Waals surface area contributed by atoms with Crippen molar-refractivity contribution in [2.45, 2.75) is 26.3 Å². The van der Waals surface area contributed by atoms with Crippen molar-refractivity contribution < 1.29 is 9.18 Å². The molecule has 0 atom stereocenters. The molecule has 1 aromatic heterocycles. The van der Waals surface area contributed by atoms with Gasteiger partial charge in [-0.3, -0.25) is 0 Å². The van der Waals surface area contributed by atoms with Crippen LogP contribution in [0.25, 0.3) is 0 Å². The molecule has 1 heterocycles. The van der Waals surface area contributed by atoms with E-state index in [0.717, 1.165) is 24.2 Å².